The van der Waals surface area contributed by atoms with E-state index in [2.05, 4.69) is 46.7 Å². The molecule has 0 aliphatic heterocycles. The van der Waals surface area contributed by atoms with Crippen LogP contribution in [-0.2, 0) is 0 Å². The molecular formula is C15H13N3S. The first-order valence-electron chi connectivity index (χ1n) is 6.03. The van der Waals surface area contributed by atoms with Crippen molar-refractivity contribution in [2.24, 2.45) is 5.10 Å². The second-order valence-electron chi connectivity index (χ2n) is 4.17. The Bertz CT molecular complexity index is 717. The number of fused-ring (bicyclic) bond motifs is 1. The smallest absolute Gasteiger partial charge is 0.146 e. The first-order chi connectivity index (χ1) is 9.34. The van der Waals surface area contributed by atoms with Gasteiger partial charge in [-0.3, -0.25) is 5.43 Å². The van der Waals surface area contributed by atoms with Crippen LogP contribution in [0.1, 0.15) is 10.4 Å². The lowest BCUT2D eigenvalue weighted by atomic mass is 10.1. The summed E-state index contributed by atoms with van der Waals surface area (Å²) < 4.78 is 1.29. The number of aryl methyl sites for hydroxylation is 1. The maximum atomic E-state index is 4.24. The molecule has 94 valence electrons. The number of hydrazone groups is 1. The number of rotatable bonds is 3. The van der Waals surface area contributed by atoms with Crippen molar-refractivity contribution in [3.8, 4) is 0 Å². The first kappa shape index (κ1) is 11.9. The largest absolute Gasteiger partial charge is 0.261 e. The quantitative estimate of drug-likeness (QED) is 0.574. The molecule has 2 aromatic heterocycles. The van der Waals surface area contributed by atoms with Crippen molar-refractivity contribution < 1.29 is 0 Å². The van der Waals surface area contributed by atoms with Gasteiger partial charge in [0.05, 0.1) is 11.1 Å². The van der Waals surface area contributed by atoms with E-state index in [-0.39, 0.29) is 0 Å². The molecular weight excluding hydrogens is 254 g/mol. The lowest BCUT2D eigenvalue weighted by molar-refractivity contribution is 1.23. The van der Waals surface area contributed by atoms with Crippen LogP contribution < -0.4 is 5.43 Å². The molecule has 0 saturated carbocycles. The Kier molecular flexibility index (Phi) is 3.25. The number of aromatic nitrogens is 1. The number of thiophene rings is 1. The van der Waals surface area contributed by atoms with Crippen LogP contribution in [0.15, 0.2) is 53.8 Å². The van der Waals surface area contributed by atoms with Crippen LogP contribution in [0.5, 0.6) is 0 Å². The zero-order valence-electron chi connectivity index (χ0n) is 10.5. The van der Waals surface area contributed by atoms with Gasteiger partial charge in [-0.1, -0.05) is 24.3 Å². The molecule has 0 fully saturated rings. The van der Waals surface area contributed by atoms with E-state index in [1.807, 2.05) is 24.4 Å². The molecule has 0 spiro atoms. The topological polar surface area (TPSA) is 37.3 Å². The van der Waals surface area contributed by atoms with Gasteiger partial charge in [0.15, 0.2) is 0 Å². The zero-order valence-corrected chi connectivity index (χ0v) is 11.3. The molecule has 1 N–H and O–H groups in total. The Morgan fingerprint density at radius 3 is 2.79 bits per heavy atom. The number of nitrogens with zero attached hydrogens (tertiary/aromatic N) is 2. The van der Waals surface area contributed by atoms with Crippen molar-refractivity contribution in [3.05, 3.63) is 59.1 Å². The number of hydrogen-bond acceptors (Lipinski definition) is 4. The van der Waals surface area contributed by atoms with Crippen LogP contribution in [0.4, 0.5) is 5.82 Å². The van der Waals surface area contributed by atoms with Gasteiger partial charge in [-0.2, -0.15) is 5.10 Å². The standard InChI is InChI=1S/C15H13N3S/c1-11-12-6-2-3-7-13(12)19-14(11)10-17-18-15-8-4-5-9-16-15/h2-10H,1H3,(H,16,18). The Hall–Kier alpha value is -2.20. The average Bonchev–Trinajstić information content (AvgIpc) is 2.78. The molecule has 0 bridgehead atoms. The highest BCUT2D eigenvalue weighted by molar-refractivity contribution is 7.20. The van der Waals surface area contributed by atoms with Crippen LogP contribution in [0.2, 0.25) is 0 Å². The van der Waals surface area contributed by atoms with E-state index in [0.717, 1.165) is 5.82 Å². The van der Waals surface area contributed by atoms with Crippen molar-refractivity contribution in [1.29, 1.82) is 0 Å². The molecule has 2 heterocycles. The number of benzene rings is 1. The van der Waals surface area contributed by atoms with E-state index >= 15 is 0 Å². The fourth-order valence-electron chi connectivity index (χ4n) is 1.90. The van der Waals surface area contributed by atoms with Gasteiger partial charge in [0, 0.05) is 10.9 Å². The summed E-state index contributed by atoms with van der Waals surface area (Å²) in [6.07, 6.45) is 3.59. The first-order valence-corrected chi connectivity index (χ1v) is 6.84. The summed E-state index contributed by atoms with van der Waals surface area (Å²) in [5.41, 5.74) is 4.20. The minimum absolute atomic E-state index is 0.748. The van der Waals surface area contributed by atoms with Crippen molar-refractivity contribution >= 4 is 33.5 Å². The number of hydrogen-bond donors (Lipinski definition) is 1. The molecule has 0 amide bonds. The van der Waals surface area contributed by atoms with Gasteiger partial charge in [0.25, 0.3) is 0 Å². The van der Waals surface area contributed by atoms with E-state index < -0.39 is 0 Å². The predicted octanol–water partition coefficient (Wildman–Crippen LogP) is 4.05. The third-order valence-corrected chi connectivity index (χ3v) is 4.11. The van der Waals surface area contributed by atoms with Gasteiger partial charge < -0.3 is 0 Å². The fourth-order valence-corrected chi connectivity index (χ4v) is 2.99. The molecule has 0 unspecified atom stereocenters. The summed E-state index contributed by atoms with van der Waals surface area (Å²) in [5.74, 6) is 0.748. The lowest BCUT2D eigenvalue weighted by Gasteiger charge is -1.96. The molecule has 3 rings (SSSR count). The maximum absolute atomic E-state index is 4.24. The van der Waals surface area contributed by atoms with Gasteiger partial charge in [-0.05, 0) is 36.1 Å². The minimum Gasteiger partial charge on any atom is -0.261 e. The summed E-state index contributed by atoms with van der Waals surface area (Å²) in [5, 5.41) is 5.54. The Labute approximate surface area is 115 Å². The van der Waals surface area contributed by atoms with Crippen molar-refractivity contribution in [3.63, 3.8) is 0 Å². The second kappa shape index (κ2) is 5.20. The zero-order chi connectivity index (χ0) is 13.1. The lowest BCUT2D eigenvalue weighted by Crippen LogP contribution is -1.92. The van der Waals surface area contributed by atoms with Gasteiger partial charge in [-0.15, -0.1) is 11.3 Å². The third-order valence-electron chi connectivity index (χ3n) is 2.91. The van der Waals surface area contributed by atoms with E-state index in [1.54, 1.807) is 17.5 Å². The predicted molar refractivity (Wildman–Crippen MR) is 82.0 cm³/mol. The van der Waals surface area contributed by atoms with Crippen LogP contribution in [0.3, 0.4) is 0 Å². The highest BCUT2D eigenvalue weighted by atomic mass is 32.1. The molecule has 19 heavy (non-hydrogen) atoms. The van der Waals surface area contributed by atoms with E-state index in [1.165, 1.54) is 20.5 Å². The third kappa shape index (κ3) is 2.48. The number of pyridine rings is 1. The van der Waals surface area contributed by atoms with E-state index in [0.29, 0.717) is 0 Å². The molecule has 0 atom stereocenters. The molecule has 4 heteroatoms. The van der Waals surface area contributed by atoms with Gasteiger partial charge in [-0.25, -0.2) is 4.98 Å². The molecule has 1 aromatic carbocycles. The fraction of sp³-hybridized carbons (Fsp3) is 0.0667. The van der Waals surface area contributed by atoms with Gasteiger partial charge >= 0.3 is 0 Å². The maximum Gasteiger partial charge on any atom is 0.146 e. The Balaban J connectivity index is 1.83. The summed E-state index contributed by atoms with van der Waals surface area (Å²) >= 11 is 1.75. The number of anilines is 1. The normalized spacial score (nSPS) is 11.2. The molecule has 3 nitrogen and oxygen atoms in total. The Morgan fingerprint density at radius 1 is 1.16 bits per heavy atom. The summed E-state index contributed by atoms with van der Waals surface area (Å²) in [6.45, 7) is 2.13. The second-order valence-corrected chi connectivity index (χ2v) is 5.26. The number of nitrogens with one attached hydrogen (secondary N) is 1. The van der Waals surface area contributed by atoms with Gasteiger partial charge in [0.2, 0.25) is 0 Å². The monoisotopic (exact) mass is 267 g/mol. The summed E-state index contributed by atoms with van der Waals surface area (Å²) in [6, 6.07) is 14.1. The molecule has 0 radical (unpaired) electrons. The van der Waals surface area contributed by atoms with Crippen molar-refractivity contribution in [2.45, 2.75) is 6.92 Å². The minimum atomic E-state index is 0.748. The summed E-state index contributed by atoms with van der Waals surface area (Å²) in [4.78, 5) is 5.32. The van der Waals surface area contributed by atoms with Gasteiger partial charge in [0.1, 0.15) is 5.82 Å². The SMILES string of the molecule is Cc1c(C=NNc2ccccn2)sc2ccccc12. The molecule has 0 saturated heterocycles. The van der Waals surface area contributed by atoms with E-state index in [4.69, 9.17) is 0 Å². The summed E-state index contributed by atoms with van der Waals surface area (Å²) in [7, 11) is 0. The van der Waals surface area contributed by atoms with E-state index in [9.17, 15) is 0 Å². The van der Waals surface area contributed by atoms with Crippen molar-refractivity contribution in [2.75, 3.05) is 5.43 Å². The van der Waals surface area contributed by atoms with Crippen LogP contribution in [0.25, 0.3) is 10.1 Å². The molecule has 0 aliphatic carbocycles. The molecule has 0 aliphatic rings. The highest BCUT2D eigenvalue weighted by Gasteiger charge is 2.05. The van der Waals surface area contributed by atoms with Crippen LogP contribution >= 0.6 is 11.3 Å². The Morgan fingerprint density at radius 2 is 2.00 bits per heavy atom. The molecule has 3 aromatic rings. The average molecular weight is 267 g/mol. The van der Waals surface area contributed by atoms with Crippen molar-refractivity contribution in [1.82, 2.24) is 4.98 Å². The highest BCUT2D eigenvalue weighted by Crippen LogP contribution is 2.29. The van der Waals surface area contributed by atoms with Crippen LogP contribution in [-0.4, -0.2) is 11.2 Å². The van der Waals surface area contributed by atoms with Crippen LogP contribution in [0, 0.1) is 6.92 Å².